The van der Waals surface area contributed by atoms with Gasteiger partial charge >= 0.3 is 6.16 Å². The van der Waals surface area contributed by atoms with Gasteiger partial charge in [0.15, 0.2) is 0 Å². The van der Waals surface area contributed by atoms with Gasteiger partial charge in [-0.25, -0.2) is 4.79 Å². The first kappa shape index (κ1) is 39.2. The van der Waals surface area contributed by atoms with Crippen molar-refractivity contribution in [3.63, 3.8) is 0 Å². The number of benzene rings is 7. The van der Waals surface area contributed by atoms with Gasteiger partial charge in [-0.2, -0.15) is 0 Å². The molecule has 10 rings (SSSR count). The highest BCUT2D eigenvalue weighted by atomic mass is 16.7. The highest BCUT2D eigenvalue weighted by Gasteiger charge is 2.44. The smallest absolute Gasteiger partial charge is 0.496 e. The first-order chi connectivity index (χ1) is 28.0. The maximum Gasteiger partial charge on any atom is 0.519 e. The molecule has 7 aromatic rings. The van der Waals surface area contributed by atoms with Gasteiger partial charge in [0, 0.05) is 33.8 Å². The molecule has 2 bridgehead atoms. The van der Waals surface area contributed by atoms with Crippen LogP contribution in [0.5, 0.6) is 28.7 Å². The van der Waals surface area contributed by atoms with Crippen LogP contribution in [0.1, 0.15) is 108 Å². The van der Waals surface area contributed by atoms with Gasteiger partial charge in [-0.15, -0.1) is 0 Å². The SMILES string of the molecule is C.COc1ccc(Oc2ccc(C(C)(C)c3ccc(OC(=O)Oc4ccc(C(C)(C)c5ccc(C)cc5)cc4)cc3)cc2)c2c1C1c3ccccc3C2c2ccccc21. The number of ether oxygens (including phenoxy) is 4. The quantitative estimate of drug-likeness (QED) is 0.108. The summed E-state index contributed by atoms with van der Waals surface area (Å²) in [5, 5.41) is 0. The van der Waals surface area contributed by atoms with E-state index in [1.54, 1.807) is 31.4 Å². The van der Waals surface area contributed by atoms with Crippen LogP contribution in [0.2, 0.25) is 0 Å². The lowest BCUT2D eigenvalue weighted by molar-refractivity contribution is 0.152. The molecule has 0 unspecified atom stereocenters. The molecule has 0 atom stereocenters. The van der Waals surface area contributed by atoms with Gasteiger partial charge in [0.2, 0.25) is 0 Å². The predicted molar refractivity (Wildman–Crippen MR) is 236 cm³/mol. The van der Waals surface area contributed by atoms with E-state index < -0.39 is 6.16 Å². The minimum absolute atomic E-state index is 0. The van der Waals surface area contributed by atoms with E-state index in [0.29, 0.717) is 11.5 Å². The number of hydrogen-bond acceptors (Lipinski definition) is 5. The third kappa shape index (κ3) is 6.95. The molecular weight excluding hydrogens is 729 g/mol. The van der Waals surface area contributed by atoms with Crippen molar-refractivity contribution >= 4 is 6.16 Å². The number of rotatable bonds is 9. The van der Waals surface area contributed by atoms with Crippen LogP contribution in [0.25, 0.3) is 0 Å². The molecule has 0 radical (unpaired) electrons. The van der Waals surface area contributed by atoms with Crippen molar-refractivity contribution in [3.8, 4) is 28.7 Å². The highest BCUT2D eigenvalue weighted by Crippen LogP contribution is 2.60. The second-order valence-electron chi connectivity index (χ2n) is 16.5. The van der Waals surface area contributed by atoms with Crippen LogP contribution >= 0.6 is 0 Å². The molecule has 59 heavy (non-hydrogen) atoms. The summed E-state index contributed by atoms with van der Waals surface area (Å²) in [6.45, 7) is 10.8. The van der Waals surface area contributed by atoms with E-state index in [0.717, 1.165) is 33.9 Å². The average molecular weight is 779 g/mol. The van der Waals surface area contributed by atoms with Crippen molar-refractivity contribution in [2.45, 2.75) is 64.7 Å². The predicted octanol–water partition coefficient (Wildman–Crippen LogP) is 13.6. The summed E-state index contributed by atoms with van der Waals surface area (Å²) >= 11 is 0. The van der Waals surface area contributed by atoms with Crippen molar-refractivity contribution in [1.29, 1.82) is 0 Å². The third-order valence-corrected chi connectivity index (χ3v) is 12.4. The number of carbonyl (C=O) groups excluding carboxylic acids is 1. The van der Waals surface area contributed by atoms with E-state index in [9.17, 15) is 4.79 Å². The van der Waals surface area contributed by atoms with Crippen LogP contribution in [-0.4, -0.2) is 13.3 Å². The minimum atomic E-state index is -0.785. The fourth-order valence-electron chi connectivity index (χ4n) is 8.95. The van der Waals surface area contributed by atoms with E-state index in [1.165, 1.54) is 44.5 Å². The summed E-state index contributed by atoms with van der Waals surface area (Å²) < 4.78 is 23.8. The minimum Gasteiger partial charge on any atom is -0.496 e. The summed E-state index contributed by atoms with van der Waals surface area (Å²) in [4.78, 5) is 12.8. The van der Waals surface area contributed by atoms with Crippen LogP contribution < -0.4 is 18.9 Å². The molecule has 0 fully saturated rings. The molecule has 3 aliphatic rings. The van der Waals surface area contributed by atoms with E-state index in [2.05, 4.69) is 120 Å². The molecule has 5 nitrogen and oxygen atoms in total. The summed E-state index contributed by atoms with van der Waals surface area (Å²) in [5.41, 5.74) is 12.9. The molecule has 296 valence electrons. The Morgan fingerprint density at radius 3 is 1.19 bits per heavy atom. The molecule has 7 aromatic carbocycles. The van der Waals surface area contributed by atoms with Gasteiger partial charge < -0.3 is 18.9 Å². The van der Waals surface area contributed by atoms with Crippen LogP contribution in [0.4, 0.5) is 4.79 Å². The molecule has 5 heteroatoms. The average Bonchev–Trinajstić information content (AvgIpc) is 3.24. The number of aryl methyl sites for hydroxylation is 1. The normalized spacial score (nSPS) is 14.9. The first-order valence-electron chi connectivity index (χ1n) is 19.9. The molecule has 0 aliphatic heterocycles. The van der Waals surface area contributed by atoms with Gasteiger partial charge in [0.05, 0.1) is 7.11 Å². The Balaban J connectivity index is 0.00000484. The summed E-state index contributed by atoms with van der Waals surface area (Å²) in [5.74, 6) is 3.46. The Bertz CT molecular complexity index is 2590. The van der Waals surface area contributed by atoms with Gasteiger partial charge in [0.25, 0.3) is 0 Å². The molecule has 3 aliphatic carbocycles. The van der Waals surface area contributed by atoms with Crippen LogP contribution in [0.3, 0.4) is 0 Å². The largest absolute Gasteiger partial charge is 0.519 e. The van der Waals surface area contributed by atoms with Crippen LogP contribution in [-0.2, 0) is 10.8 Å². The molecule has 0 heterocycles. The zero-order valence-electron chi connectivity index (χ0n) is 33.7. The molecule has 0 aromatic heterocycles. The van der Waals surface area contributed by atoms with Crippen LogP contribution in [0, 0.1) is 6.92 Å². The van der Waals surface area contributed by atoms with Crippen molar-refractivity contribution in [1.82, 2.24) is 0 Å². The lowest BCUT2D eigenvalue weighted by Gasteiger charge is -2.43. The van der Waals surface area contributed by atoms with Crippen LogP contribution in [0.15, 0.2) is 158 Å². The Kier molecular flexibility index (Phi) is 10.2. The van der Waals surface area contributed by atoms with Crippen molar-refractivity contribution in [3.05, 3.63) is 219 Å². The number of methoxy groups -OCH3 is 1. The van der Waals surface area contributed by atoms with Gasteiger partial charge in [0.1, 0.15) is 28.7 Å². The Hall–Kier alpha value is -6.59. The van der Waals surface area contributed by atoms with Crippen molar-refractivity contribution < 1.29 is 23.7 Å². The Labute approximate surface area is 348 Å². The standard InChI is InChI=1S/C53H46O5.CH4/c1-33-15-17-34(18-16-33)52(2,3)36-21-27-39(28-22-36)57-51(54)58-40-29-23-37(24-30-40)53(4,5)35-19-25-38(26-20-35)56-46-32-31-45(55-6)49-47-41-11-7-9-13-43(41)48(50(46)49)44-14-10-8-12-42(44)47;/h7-32,47-48H,1-6H3;1H4. The number of carbonyl (C=O) groups is 1. The molecular formula is C54H50O5. The highest BCUT2D eigenvalue weighted by molar-refractivity contribution is 5.73. The molecule has 0 saturated carbocycles. The third-order valence-electron chi connectivity index (χ3n) is 12.4. The number of hydrogen-bond donors (Lipinski definition) is 0. The summed E-state index contributed by atoms with van der Waals surface area (Å²) in [6.07, 6.45) is -0.785. The first-order valence-corrected chi connectivity index (χ1v) is 19.9. The lowest BCUT2D eigenvalue weighted by Crippen LogP contribution is -2.28. The molecule has 0 saturated heterocycles. The van der Waals surface area contributed by atoms with Gasteiger partial charge in [-0.05, 0) is 100.0 Å². The van der Waals surface area contributed by atoms with Gasteiger partial charge in [-0.1, -0.05) is 150 Å². The zero-order valence-corrected chi connectivity index (χ0v) is 33.7. The topological polar surface area (TPSA) is 54.0 Å². The summed E-state index contributed by atoms with van der Waals surface area (Å²) in [7, 11) is 1.75. The van der Waals surface area contributed by atoms with E-state index in [1.807, 2.05) is 48.5 Å². The fraction of sp³-hybridized carbons (Fsp3) is 0.204. The van der Waals surface area contributed by atoms with Gasteiger partial charge in [-0.3, -0.25) is 0 Å². The fourth-order valence-corrected chi connectivity index (χ4v) is 8.95. The van der Waals surface area contributed by atoms with E-state index in [4.69, 9.17) is 18.9 Å². The molecule has 0 amide bonds. The molecule has 0 spiro atoms. The van der Waals surface area contributed by atoms with E-state index in [-0.39, 0.29) is 30.1 Å². The van der Waals surface area contributed by atoms with Crippen molar-refractivity contribution in [2.24, 2.45) is 0 Å². The molecule has 0 N–H and O–H groups in total. The van der Waals surface area contributed by atoms with E-state index >= 15 is 0 Å². The maximum absolute atomic E-state index is 12.8. The Morgan fingerprint density at radius 2 is 0.797 bits per heavy atom. The maximum atomic E-state index is 12.8. The zero-order chi connectivity index (χ0) is 40.2. The summed E-state index contributed by atoms with van der Waals surface area (Å²) in [6, 6.07) is 53.7. The monoisotopic (exact) mass is 778 g/mol. The van der Waals surface area contributed by atoms with Crippen molar-refractivity contribution in [2.75, 3.05) is 7.11 Å². The lowest BCUT2D eigenvalue weighted by atomic mass is 9.60. The second kappa shape index (κ2) is 15.3. The second-order valence-corrected chi connectivity index (χ2v) is 16.5. The Morgan fingerprint density at radius 1 is 0.458 bits per heavy atom.